The van der Waals surface area contributed by atoms with E-state index in [4.69, 9.17) is 23.2 Å². The van der Waals surface area contributed by atoms with E-state index in [2.05, 4.69) is 4.74 Å². The highest BCUT2D eigenvalue weighted by Gasteiger charge is 2.39. The minimum absolute atomic E-state index is 0.0306. The Bertz CT molecular complexity index is 913. The monoisotopic (exact) mass is 437 g/mol. The summed E-state index contributed by atoms with van der Waals surface area (Å²) >= 11 is 14.6. The summed E-state index contributed by atoms with van der Waals surface area (Å²) in [6.07, 6.45) is 0. The topological polar surface area (TPSA) is 63.7 Å². The quantitative estimate of drug-likeness (QED) is 0.667. The third-order valence-corrected chi connectivity index (χ3v) is 8.73. The third kappa shape index (κ3) is 3.56. The van der Waals surface area contributed by atoms with Crippen LogP contribution in [0.25, 0.3) is 0 Å². The van der Waals surface area contributed by atoms with Gasteiger partial charge in [0, 0.05) is 12.3 Å². The van der Waals surface area contributed by atoms with Crippen molar-refractivity contribution in [1.82, 2.24) is 4.31 Å². The molecule has 2 heterocycles. The van der Waals surface area contributed by atoms with E-state index in [1.165, 1.54) is 29.2 Å². The zero-order chi connectivity index (χ0) is 18.2. The smallest absolute Gasteiger partial charge is 0.349 e. The van der Waals surface area contributed by atoms with Gasteiger partial charge in [-0.15, -0.1) is 23.1 Å². The molecule has 5 nitrogen and oxygen atoms in total. The predicted molar refractivity (Wildman–Crippen MR) is 101 cm³/mol. The maximum atomic E-state index is 13.1. The Morgan fingerprint density at radius 1 is 1.28 bits per heavy atom. The minimum atomic E-state index is -3.86. The van der Waals surface area contributed by atoms with Crippen LogP contribution in [0.4, 0.5) is 0 Å². The van der Waals surface area contributed by atoms with Crippen molar-refractivity contribution in [2.24, 2.45) is 0 Å². The van der Waals surface area contributed by atoms with Crippen molar-refractivity contribution < 1.29 is 17.9 Å². The first-order valence-electron chi connectivity index (χ1n) is 7.10. The lowest BCUT2D eigenvalue weighted by Gasteiger charge is -2.23. The van der Waals surface area contributed by atoms with Gasteiger partial charge in [0.05, 0.1) is 22.5 Å². The Labute approximate surface area is 163 Å². The molecule has 0 amide bonds. The number of ether oxygens (including phenoxy) is 1. The average molecular weight is 438 g/mol. The molecule has 0 bridgehead atoms. The average Bonchev–Trinajstić information content (AvgIpc) is 3.26. The molecule has 1 aromatic carbocycles. The van der Waals surface area contributed by atoms with Gasteiger partial charge < -0.3 is 4.74 Å². The molecule has 1 aromatic heterocycles. The van der Waals surface area contributed by atoms with Crippen molar-refractivity contribution in [2.45, 2.75) is 10.3 Å². The van der Waals surface area contributed by atoms with Crippen molar-refractivity contribution in [2.75, 3.05) is 19.4 Å². The number of sulfonamides is 1. The van der Waals surface area contributed by atoms with E-state index in [1.54, 1.807) is 23.6 Å². The molecule has 1 fully saturated rings. The molecule has 1 aliphatic heterocycles. The first-order chi connectivity index (χ1) is 11.9. The summed E-state index contributed by atoms with van der Waals surface area (Å²) in [6.45, 7) is 0.342. The Hall–Kier alpha value is -0.770. The number of thioether (sulfide) groups is 1. The molecule has 25 heavy (non-hydrogen) atoms. The number of hydrogen-bond donors (Lipinski definition) is 0. The maximum absolute atomic E-state index is 13.1. The number of carbonyl (C=O) groups is 1. The van der Waals surface area contributed by atoms with Crippen LogP contribution in [0.15, 0.2) is 34.5 Å². The van der Waals surface area contributed by atoms with Crippen molar-refractivity contribution >= 4 is 62.3 Å². The van der Waals surface area contributed by atoms with Gasteiger partial charge >= 0.3 is 5.97 Å². The van der Waals surface area contributed by atoms with E-state index in [-0.39, 0.29) is 9.77 Å². The van der Waals surface area contributed by atoms with E-state index < -0.39 is 21.4 Å². The number of esters is 1. The predicted octanol–water partition coefficient (Wildman–Crippen LogP) is 4.28. The Morgan fingerprint density at radius 2 is 2.04 bits per heavy atom. The summed E-state index contributed by atoms with van der Waals surface area (Å²) in [4.78, 5) is 11.9. The van der Waals surface area contributed by atoms with Gasteiger partial charge in [-0.05, 0) is 29.1 Å². The fourth-order valence-corrected chi connectivity index (χ4v) is 7.34. The fourth-order valence-electron chi connectivity index (χ4n) is 2.50. The number of thiophene rings is 1. The molecule has 1 atom stereocenters. The van der Waals surface area contributed by atoms with Gasteiger partial charge in [-0.1, -0.05) is 29.3 Å². The highest BCUT2D eigenvalue weighted by atomic mass is 35.5. The lowest BCUT2D eigenvalue weighted by molar-refractivity contribution is 0.0602. The minimum Gasteiger partial charge on any atom is -0.465 e. The van der Waals surface area contributed by atoms with Crippen molar-refractivity contribution in [3.8, 4) is 0 Å². The summed E-state index contributed by atoms with van der Waals surface area (Å²) in [7, 11) is -2.63. The molecule has 0 spiro atoms. The lowest BCUT2D eigenvalue weighted by atomic mass is 10.2. The number of hydrogen-bond acceptors (Lipinski definition) is 6. The number of nitrogens with zero attached hydrogens (tertiary/aromatic N) is 1. The Balaban J connectivity index is 2.00. The first-order valence-corrected chi connectivity index (χ1v) is 11.2. The number of benzene rings is 1. The standard InChI is InChI=1S/C15H13Cl2NO4S3/c1-22-15(19)13-12(4-6-23-13)25(20,21)18-5-7-24-14(18)9-2-3-10(16)11(17)8-9/h2-4,6,8,14H,5,7H2,1H3/t14-/m1/s1. The molecule has 0 N–H and O–H groups in total. The summed E-state index contributed by atoms with van der Waals surface area (Å²) in [5.74, 6) is -0.0199. The van der Waals surface area contributed by atoms with Gasteiger partial charge in [-0.3, -0.25) is 0 Å². The molecule has 2 aromatic rings. The van der Waals surface area contributed by atoms with Crippen LogP contribution >= 0.6 is 46.3 Å². The number of rotatable bonds is 4. The third-order valence-electron chi connectivity index (χ3n) is 3.66. The summed E-state index contributed by atoms with van der Waals surface area (Å²) in [6, 6.07) is 6.51. The largest absolute Gasteiger partial charge is 0.465 e. The molecular weight excluding hydrogens is 425 g/mol. The SMILES string of the molecule is COC(=O)c1sccc1S(=O)(=O)N1CCS[C@@H]1c1ccc(Cl)c(Cl)c1. The summed E-state index contributed by atoms with van der Waals surface area (Å²) < 4.78 is 32.3. The molecule has 10 heteroatoms. The maximum Gasteiger partial charge on any atom is 0.349 e. The van der Waals surface area contributed by atoms with Gasteiger partial charge in [-0.25, -0.2) is 13.2 Å². The second-order valence-corrected chi connectivity index (χ2v) is 9.90. The Kier molecular flexibility index (Phi) is 5.67. The van der Waals surface area contributed by atoms with E-state index in [9.17, 15) is 13.2 Å². The number of halogens is 2. The van der Waals surface area contributed by atoms with Crippen LogP contribution in [0.2, 0.25) is 10.0 Å². The molecule has 1 aliphatic rings. The van der Waals surface area contributed by atoms with Gasteiger partial charge in [0.1, 0.15) is 9.77 Å². The van der Waals surface area contributed by atoms with Gasteiger partial charge in [0.25, 0.3) is 0 Å². The van der Waals surface area contributed by atoms with Crippen LogP contribution in [0.3, 0.4) is 0 Å². The summed E-state index contributed by atoms with van der Waals surface area (Å²) in [5.41, 5.74) is 0.746. The van der Waals surface area contributed by atoms with Crippen LogP contribution in [0.1, 0.15) is 20.6 Å². The van der Waals surface area contributed by atoms with E-state index >= 15 is 0 Å². The van der Waals surface area contributed by atoms with Crippen LogP contribution in [0, 0.1) is 0 Å². The highest BCUT2D eigenvalue weighted by Crippen LogP contribution is 2.43. The van der Waals surface area contributed by atoms with Gasteiger partial charge in [0.15, 0.2) is 0 Å². The van der Waals surface area contributed by atoms with Gasteiger partial charge in [0.2, 0.25) is 10.0 Å². The highest BCUT2D eigenvalue weighted by molar-refractivity contribution is 8.01. The van der Waals surface area contributed by atoms with Crippen LogP contribution in [-0.4, -0.2) is 38.1 Å². The van der Waals surface area contributed by atoms with Crippen molar-refractivity contribution in [1.29, 1.82) is 0 Å². The van der Waals surface area contributed by atoms with Crippen LogP contribution in [-0.2, 0) is 14.8 Å². The first kappa shape index (κ1) is 19.0. The van der Waals surface area contributed by atoms with Crippen LogP contribution in [0.5, 0.6) is 0 Å². The fraction of sp³-hybridized carbons (Fsp3) is 0.267. The van der Waals surface area contributed by atoms with Crippen molar-refractivity contribution in [3.63, 3.8) is 0 Å². The molecule has 0 aliphatic carbocycles. The second kappa shape index (κ2) is 7.46. The van der Waals surface area contributed by atoms with E-state index in [0.717, 1.165) is 16.9 Å². The Morgan fingerprint density at radius 3 is 2.72 bits per heavy atom. The van der Waals surface area contributed by atoms with Crippen molar-refractivity contribution in [3.05, 3.63) is 50.1 Å². The van der Waals surface area contributed by atoms with E-state index in [0.29, 0.717) is 22.3 Å². The van der Waals surface area contributed by atoms with Gasteiger partial charge in [-0.2, -0.15) is 4.31 Å². The molecule has 134 valence electrons. The second-order valence-electron chi connectivity index (χ2n) is 5.12. The molecule has 0 saturated carbocycles. The normalized spacial score (nSPS) is 18.4. The zero-order valence-electron chi connectivity index (χ0n) is 12.9. The zero-order valence-corrected chi connectivity index (χ0v) is 16.9. The molecule has 3 rings (SSSR count). The molecule has 0 unspecified atom stereocenters. The summed E-state index contributed by atoms with van der Waals surface area (Å²) in [5, 5.41) is 1.92. The number of methoxy groups -OCH3 is 1. The molecule has 1 saturated heterocycles. The lowest BCUT2D eigenvalue weighted by Crippen LogP contribution is -2.31. The van der Waals surface area contributed by atoms with E-state index in [1.807, 2.05) is 0 Å². The molecule has 0 radical (unpaired) electrons. The number of carbonyl (C=O) groups excluding carboxylic acids is 1. The van der Waals surface area contributed by atoms with Crippen LogP contribution < -0.4 is 0 Å². The molecular formula is C15H13Cl2NO4S3.